The number of imide groups is 1. The van der Waals surface area contributed by atoms with Crippen molar-refractivity contribution in [3.63, 3.8) is 0 Å². The Morgan fingerprint density at radius 3 is 2.48 bits per heavy atom. The van der Waals surface area contributed by atoms with E-state index >= 15 is 0 Å². The van der Waals surface area contributed by atoms with Crippen LogP contribution in [0.1, 0.15) is 46.9 Å². The summed E-state index contributed by atoms with van der Waals surface area (Å²) in [4.78, 5) is 62.0. The number of Topliss-reactive ketones (excluding diaryl/α,β-unsaturated/α-hetero) is 1. The normalized spacial score (nSPS) is 22.1. The van der Waals surface area contributed by atoms with Crippen molar-refractivity contribution in [2.24, 2.45) is 17.8 Å². The molecule has 1 saturated carbocycles. The predicted molar refractivity (Wildman–Crippen MR) is 117 cm³/mol. The van der Waals surface area contributed by atoms with Gasteiger partial charge in [-0.1, -0.05) is 25.1 Å². The number of carbonyl (C=O) groups excluding carboxylic acids is 4. The standard InChI is InChI=1S/C24H22N2O7/c1-14-8-9-19-20(10-14)23(29)25(22(19)28)17-6-3-5-16(12-17)24(30)33-13-21(27)15-4-2-7-18(11-15)26(31)32/h2-7,11-12,14,19-20H,8-10,13H2,1H3. The summed E-state index contributed by atoms with van der Waals surface area (Å²) in [6.07, 6.45) is 2.25. The molecule has 4 rings (SSSR count). The molecule has 0 N–H and O–H groups in total. The first-order chi connectivity index (χ1) is 15.8. The molecule has 9 nitrogen and oxygen atoms in total. The second-order valence-corrected chi connectivity index (χ2v) is 8.50. The highest BCUT2D eigenvalue weighted by atomic mass is 16.6. The summed E-state index contributed by atoms with van der Waals surface area (Å²) >= 11 is 0. The Morgan fingerprint density at radius 1 is 1.03 bits per heavy atom. The van der Waals surface area contributed by atoms with Crippen LogP contribution in [-0.2, 0) is 14.3 Å². The lowest BCUT2D eigenvalue weighted by atomic mass is 9.76. The molecule has 2 aliphatic rings. The Bertz CT molecular complexity index is 1160. The van der Waals surface area contributed by atoms with E-state index in [1.165, 1.54) is 30.3 Å². The lowest BCUT2D eigenvalue weighted by Gasteiger charge is -2.25. The highest BCUT2D eigenvalue weighted by Crippen LogP contribution is 2.42. The van der Waals surface area contributed by atoms with Gasteiger partial charge in [0, 0.05) is 17.7 Å². The van der Waals surface area contributed by atoms with Gasteiger partial charge < -0.3 is 4.74 Å². The molecule has 1 aliphatic carbocycles. The van der Waals surface area contributed by atoms with Crippen molar-refractivity contribution in [3.05, 3.63) is 69.8 Å². The van der Waals surface area contributed by atoms with E-state index in [0.29, 0.717) is 24.4 Å². The van der Waals surface area contributed by atoms with E-state index in [4.69, 9.17) is 4.74 Å². The molecule has 170 valence electrons. The number of rotatable bonds is 6. The molecule has 3 unspecified atom stereocenters. The summed E-state index contributed by atoms with van der Waals surface area (Å²) < 4.78 is 5.08. The lowest BCUT2D eigenvalue weighted by molar-refractivity contribution is -0.384. The highest BCUT2D eigenvalue weighted by molar-refractivity contribution is 6.22. The maximum absolute atomic E-state index is 12.9. The van der Waals surface area contributed by atoms with E-state index in [9.17, 15) is 29.3 Å². The number of fused-ring (bicyclic) bond motifs is 1. The molecule has 2 aromatic carbocycles. The summed E-state index contributed by atoms with van der Waals surface area (Å²) in [5.41, 5.74) is 0.195. The van der Waals surface area contributed by atoms with Crippen LogP contribution in [0.5, 0.6) is 0 Å². The van der Waals surface area contributed by atoms with Gasteiger partial charge >= 0.3 is 5.97 Å². The van der Waals surface area contributed by atoms with Gasteiger partial charge in [-0.2, -0.15) is 0 Å². The molecule has 3 atom stereocenters. The van der Waals surface area contributed by atoms with Crippen LogP contribution in [0.25, 0.3) is 0 Å². The highest BCUT2D eigenvalue weighted by Gasteiger charge is 2.50. The zero-order chi connectivity index (χ0) is 23.7. The van der Waals surface area contributed by atoms with Crippen molar-refractivity contribution < 1.29 is 28.8 Å². The van der Waals surface area contributed by atoms with Crippen molar-refractivity contribution >= 4 is 34.9 Å². The molecule has 2 amide bonds. The van der Waals surface area contributed by atoms with Gasteiger partial charge in [-0.25, -0.2) is 4.79 Å². The van der Waals surface area contributed by atoms with Gasteiger partial charge in [-0.15, -0.1) is 0 Å². The summed E-state index contributed by atoms with van der Waals surface area (Å²) in [5.74, 6) is -2.16. The smallest absolute Gasteiger partial charge is 0.338 e. The number of anilines is 1. The summed E-state index contributed by atoms with van der Waals surface area (Å²) in [5, 5.41) is 10.9. The van der Waals surface area contributed by atoms with E-state index in [1.54, 1.807) is 12.1 Å². The molecule has 0 spiro atoms. The molecule has 1 saturated heterocycles. The zero-order valence-electron chi connectivity index (χ0n) is 17.9. The van der Waals surface area contributed by atoms with Crippen LogP contribution in [-0.4, -0.2) is 35.1 Å². The topological polar surface area (TPSA) is 124 Å². The fraction of sp³-hybridized carbons (Fsp3) is 0.333. The molecule has 0 radical (unpaired) electrons. The Kier molecular flexibility index (Phi) is 6.04. The predicted octanol–water partition coefficient (Wildman–Crippen LogP) is 3.56. The second-order valence-electron chi connectivity index (χ2n) is 8.50. The number of amides is 2. The van der Waals surface area contributed by atoms with Crippen molar-refractivity contribution in [2.45, 2.75) is 26.2 Å². The number of hydrogen-bond acceptors (Lipinski definition) is 7. The largest absolute Gasteiger partial charge is 0.454 e. The SMILES string of the molecule is CC1CCC2C(=O)N(c3cccc(C(=O)OCC(=O)c4cccc([N+](=O)[O-])c4)c3)C(=O)C2C1. The maximum atomic E-state index is 12.9. The molecule has 9 heteroatoms. The third-order valence-corrected chi connectivity index (χ3v) is 6.24. The number of hydrogen-bond donors (Lipinski definition) is 0. The van der Waals surface area contributed by atoms with Crippen LogP contribution in [0.3, 0.4) is 0 Å². The Morgan fingerprint density at radius 2 is 1.73 bits per heavy atom. The summed E-state index contributed by atoms with van der Waals surface area (Å²) in [7, 11) is 0. The number of nitro groups is 1. The van der Waals surface area contributed by atoms with E-state index in [2.05, 4.69) is 6.92 Å². The van der Waals surface area contributed by atoms with Crippen LogP contribution < -0.4 is 4.90 Å². The molecule has 0 bridgehead atoms. The molecule has 2 aromatic rings. The van der Waals surface area contributed by atoms with E-state index in [1.807, 2.05) is 0 Å². The number of non-ortho nitro benzene ring substituents is 1. The second kappa shape index (κ2) is 8.93. The molecule has 1 heterocycles. The number of esters is 1. The minimum absolute atomic E-state index is 0.0517. The summed E-state index contributed by atoms with van der Waals surface area (Å²) in [6, 6.07) is 11.1. The lowest BCUT2D eigenvalue weighted by Crippen LogP contribution is -2.31. The molecule has 1 aliphatic heterocycles. The van der Waals surface area contributed by atoms with Crippen molar-refractivity contribution in [1.82, 2.24) is 0 Å². The van der Waals surface area contributed by atoms with Gasteiger partial charge in [0.1, 0.15) is 0 Å². The van der Waals surface area contributed by atoms with Crippen LogP contribution in [0.15, 0.2) is 48.5 Å². The Balaban J connectivity index is 1.46. The number of ketones is 1. The average molecular weight is 450 g/mol. The van der Waals surface area contributed by atoms with Crippen LogP contribution >= 0.6 is 0 Å². The fourth-order valence-electron chi connectivity index (χ4n) is 4.51. The average Bonchev–Trinajstić information content (AvgIpc) is 3.06. The third-order valence-electron chi connectivity index (χ3n) is 6.24. The maximum Gasteiger partial charge on any atom is 0.338 e. The fourth-order valence-corrected chi connectivity index (χ4v) is 4.51. The number of nitrogens with zero attached hydrogens (tertiary/aromatic N) is 2. The van der Waals surface area contributed by atoms with Gasteiger partial charge in [-0.05, 0) is 43.4 Å². The molecule has 33 heavy (non-hydrogen) atoms. The van der Waals surface area contributed by atoms with Crippen LogP contribution in [0.2, 0.25) is 0 Å². The number of carbonyl (C=O) groups is 4. The van der Waals surface area contributed by atoms with E-state index in [-0.39, 0.29) is 40.5 Å². The summed E-state index contributed by atoms with van der Waals surface area (Å²) in [6.45, 7) is 1.47. The van der Waals surface area contributed by atoms with Crippen molar-refractivity contribution in [3.8, 4) is 0 Å². The molecule has 2 fully saturated rings. The quantitative estimate of drug-likeness (QED) is 0.217. The number of benzene rings is 2. The van der Waals surface area contributed by atoms with Gasteiger partial charge in [0.2, 0.25) is 17.6 Å². The van der Waals surface area contributed by atoms with Gasteiger partial charge in [0.15, 0.2) is 6.61 Å². The molecule has 0 aromatic heterocycles. The number of nitro benzene ring substituents is 1. The monoisotopic (exact) mass is 450 g/mol. The van der Waals surface area contributed by atoms with E-state index < -0.39 is 23.3 Å². The van der Waals surface area contributed by atoms with Crippen LogP contribution in [0.4, 0.5) is 11.4 Å². The zero-order valence-corrected chi connectivity index (χ0v) is 17.9. The number of ether oxygens (including phenoxy) is 1. The van der Waals surface area contributed by atoms with Gasteiger partial charge in [0.05, 0.1) is 28.0 Å². The first-order valence-corrected chi connectivity index (χ1v) is 10.7. The minimum atomic E-state index is -0.805. The third kappa shape index (κ3) is 4.39. The van der Waals surface area contributed by atoms with E-state index in [0.717, 1.165) is 17.4 Å². The van der Waals surface area contributed by atoms with Crippen molar-refractivity contribution in [2.75, 3.05) is 11.5 Å². The van der Waals surface area contributed by atoms with Crippen LogP contribution in [0, 0.1) is 27.9 Å². The minimum Gasteiger partial charge on any atom is -0.454 e. The Hall–Kier alpha value is -3.88. The first kappa shape index (κ1) is 22.3. The van der Waals surface area contributed by atoms with Gasteiger partial charge in [-0.3, -0.25) is 29.4 Å². The Labute approximate surface area is 189 Å². The van der Waals surface area contributed by atoms with Gasteiger partial charge in [0.25, 0.3) is 5.69 Å². The van der Waals surface area contributed by atoms with Crippen molar-refractivity contribution in [1.29, 1.82) is 0 Å². The molecular formula is C24H22N2O7. The molecular weight excluding hydrogens is 428 g/mol. The first-order valence-electron chi connectivity index (χ1n) is 10.7.